The molecule has 0 saturated heterocycles. The molecule has 0 bridgehead atoms. The Hall–Kier alpha value is -2.77. The number of alkyl halides is 2. The van der Waals surface area contributed by atoms with Crippen LogP contribution in [-0.2, 0) is 0 Å². The molecule has 2 rings (SSSR count). The van der Waals surface area contributed by atoms with E-state index in [1.54, 1.807) is 0 Å². The maximum Gasteiger partial charge on any atom is 0.387 e. The van der Waals surface area contributed by atoms with Gasteiger partial charge in [-0.2, -0.15) is 8.78 Å². The predicted octanol–water partition coefficient (Wildman–Crippen LogP) is 3.83. The predicted molar refractivity (Wildman–Crippen MR) is 73.9 cm³/mol. The number of carbonyl (C=O) groups excluding carboxylic acids is 1. The fourth-order valence-corrected chi connectivity index (χ4v) is 1.85. The highest BCUT2D eigenvalue weighted by molar-refractivity contribution is 6.04. The Morgan fingerprint density at radius 1 is 1.09 bits per heavy atom. The molecule has 8 heteroatoms. The number of anilines is 1. The second kappa shape index (κ2) is 6.99. The van der Waals surface area contributed by atoms with Gasteiger partial charge in [-0.25, -0.2) is 8.78 Å². The van der Waals surface area contributed by atoms with Gasteiger partial charge in [-0.05, 0) is 24.3 Å². The maximum absolute atomic E-state index is 13.5. The second-order valence-electron chi connectivity index (χ2n) is 4.29. The van der Waals surface area contributed by atoms with E-state index in [4.69, 9.17) is 4.74 Å². The Bertz CT molecular complexity index is 702. The smallest absolute Gasteiger partial charge is 0.387 e. The molecule has 0 radical (unpaired) electrons. The quantitative estimate of drug-likeness (QED) is 0.848. The SMILES string of the molecule is COc1cc(NC(=O)c2c(F)cccc2F)ccc1OC(F)F. The molecular formula is C15H11F4NO3. The topological polar surface area (TPSA) is 47.6 Å². The first-order chi connectivity index (χ1) is 10.9. The van der Waals surface area contributed by atoms with Crippen LogP contribution in [0.25, 0.3) is 0 Å². The van der Waals surface area contributed by atoms with E-state index >= 15 is 0 Å². The van der Waals surface area contributed by atoms with Crippen molar-refractivity contribution in [3.8, 4) is 11.5 Å². The minimum atomic E-state index is -3.04. The molecular weight excluding hydrogens is 318 g/mol. The number of nitrogens with one attached hydrogen (secondary N) is 1. The number of halogens is 4. The normalized spacial score (nSPS) is 10.5. The van der Waals surface area contributed by atoms with Crippen molar-refractivity contribution in [2.45, 2.75) is 6.61 Å². The van der Waals surface area contributed by atoms with Crippen molar-refractivity contribution < 1.29 is 31.8 Å². The molecule has 0 spiro atoms. The highest BCUT2D eigenvalue weighted by Gasteiger charge is 2.18. The minimum Gasteiger partial charge on any atom is -0.493 e. The Morgan fingerprint density at radius 2 is 1.74 bits per heavy atom. The Kier molecular flexibility index (Phi) is 5.05. The standard InChI is InChI=1S/C15H11F4NO3/c1-22-12-7-8(5-6-11(12)23-15(18)19)20-14(21)13-9(16)3-2-4-10(13)17/h2-7,15H,1H3,(H,20,21). The van der Waals surface area contributed by atoms with Crippen molar-refractivity contribution in [2.75, 3.05) is 12.4 Å². The van der Waals surface area contributed by atoms with E-state index in [1.165, 1.54) is 19.2 Å². The summed E-state index contributed by atoms with van der Waals surface area (Å²) < 4.78 is 60.6. The van der Waals surface area contributed by atoms with Crippen LogP contribution in [0.5, 0.6) is 11.5 Å². The molecule has 0 aromatic heterocycles. The summed E-state index contributed by atoms with van der Waals surface area (Å²) in [5, 5.41) is 2.25. The van der Waals surface area contributed by atoms with Gasteiger partial charge in [-0.3, -0.25) is 4.79 Å². The zero-order valence-corrected chi connectivity index (χ0v) is 11.8. The summed E-state index contributed by atoms with van der Waals surface area (Å²) in [4.78, 5) is 11.9. The van der Waals surface area contributed by atoms with Crippen LogP contribution >= 0.6 is 0 Å². The monoisotopic (exact) mass is 329 g/mol. The van der Waals surface area contributed by atoms with E-state index in [9.17, 15) is 22.4 Å². The molecule has 2 aromatic carbocycles. The largest absolute Gasteiger partial charge is 0.493 e. The molecule has 0 aliphatic rings. The van der Waals surface area contributed by atoms with Crippen LogP contribution in [0.4, 0.5) is 23.2 Å². The van der Waals surface area contributed by atoms with Crippen molar-refractivity contribution >= 4 is 11.6 Å². The van der Waals surface area contributed by atoms with Crippen LogP contribution in [0.1, 0.15) is 10.4 Å². The molecule has 0 unspecified atom stereocenters. The number of hydrogen-bond donors (Lipinski definition) is 1. The highest BCUT2D eigenvalue weighted by Crippen LogP contribution is 2.31. The Balaban J connectivity index is 2.25. The molecule has 0 saturated carbocycles. The lowest BCUT2D eigenvalue weighted by Gasteiger charge is -2.12. The van der Waals surface area contributed by atoms with Crippen molar-refractivity contribution in [3.05, 3.63) is 53.6 Å². The van der Waals surface area contributed by atoms with Crippen molar-refractivity contribution in [1.29, 1.82) is 0 Å². The van der Waals surface area contributed by atoms with Crippen LogP contribution in [0, 0.1) is 11.6 Å². The van der Waals surface area contributed by atoms with E-state index in [0.717, 1.165) is 24.3 Å². The molecule has 23 heavy (non-hydrogen) atoms. The Labute approximate surface area is 128 Å². The van der Waals surface area contributed by atoms with Gasteiger partial charge in [0.1, 0.15) is 17.2 Å². The average Bonchev–Trinajstić information content (AvgIpc) is 2.48. The number of ether oxygens (including phenoxy) is 2. The fraction of sp³-hybridized carbons (Fsp3) is 0.133. The second-order valence-corrected chi connectivity index (χ2v) is 4.29. The number of carbonyl (C=O) groups is 1. The summed E-state index contributed by atoms with van der Waals surface area (Å²) in [5.41, 5.74) is -0.657. The summed E-state index contributed by atoms with van der Waals surface area (Å²) in [5.74, 6) is -3.38. The zero-order valence-electron chi connectivity index (χ0n) is 11.8. The molecule has 1 N–H and O–H groups in total. The summed E-state index contributed by atoms with van der Waals surface area (Å²) in [6.07, 6.45) is 0. The number of benzene rings is 2. The zero-order chi connectivity index (χ0) is 17.0. The molecule has 1 amide bonds. The average molecular weight is 329 g/mol. The van der Waals surface area contributed by atoms with Gasteiger partial charge in [-0.15, -0.1) is 0 Å². The van der Waals surface area contributed by atoms with E-state index in [2.05, 4.69) is 10.1 Å². The van der Waals surface area contributed by atoms with Gasteiger partial charge >= 0.3 is 6.61 Å². The number of methoxy groups -OCH3 is 1. The lowest BCUT2D eigenvalue weighted by molar-refractivity contribution is -0.0512. The van der Waals surface area contributed by atoms with Gasteiger partial charge in [0.2, 0.25) is 0 Å². The highest BCUT2D eigenvalue weighted by atomic mass is 19.3. The van der Waals surface area contributed by atoms with Crippen LogP contribution in [-0.4, -0.2) is 19.6 Å². The first-order valence-electron chi connectivity index (χ1n) is 6.30. The van der Waals surface area contributed by atoms with Crippen molar-refractivity contribution in [3.63, 3.8) is 0 Å². The van der Waals surface area contributed by atoms with Crippen LogP contribution in [0.3, 0.4) is 0 Å². The third-order valence-corrected chi connectivity index (χ3v) is 2.83. The third-order valence-electron chi connectivity index (χ3n) is 2.83. The van der Waals surface area contributed by atoms with Crippen LogP contribution in [0.2, 0.25) is 0 Å². The minimum absolute atomic E-state index is 0.0721. The summed E-state index contributed by atoms with van der Waals surface area (Å²) in [7, 11) is 1.22. The van der Waals surface area contributed by atoms with Crippen molar-refractivity contribution in [2.24, 2.45) is 0 Å². The van der Waals surface area contributed by atoms with Gasteiger partial charge in [0.15, 0.2) is 11.5 Å². The van der Waals surface area contributed by atoms with Crippen LogP contribution < -0.4 is 14.8 Å². The first kappa shape index (κ1) is 16.6. The summed E-state index contributed by atoms with van der Waals surface area (Å²) >= 11 is 0. The van der Waals surface area contributed by atoms with Gasteiger partial charge < -0.3 is 14.8 Å². The maximum atomic E-state index is 13.5. The lowest BCUT2D eigenvalue weighted by atomic mass is 10.1. The molecule has 0 aliphatic heterocycles. The van der Waals surface area contributed by atoms with E-state index < -0.39 is 29.7 Å². The molecule has 0 heterocycles. The molecule has 0 fully saturated rings. The number of amides is 1. The molecule has 0 aliphatic carbocycles. The molecule has 122 valence electrons. The lowest BCUT2D eigenvalue weighted by Crippen LogP contribution is -2.16. The molecule has 0 atom stereocenters. The number of hydrogen-bond acceptors (Lipinski definition) is 3. The van der Waals surface area contributed by atoms with E-state index in [0.29, 0.717) is 0 Å². The molecule has 4 nitrogen and oxygen atoms in total. The van der Waals surface area contributed by atoms with E-state index in [1.807, 2.05) is 0 Å². The van der Waals surface area contributed by atoms with Crippen LogP contribution in [0.15, 0.2) is 36.4 Å². The van der Waals surface area contributed by atoms with Gasteiger partial charge in [0.05, 0.1) is 7.11 Å². The summed E-state index contributed by atoms with van der Waals surface area (Å²) in [6.45, 7) is -3.04. The van der Waals surface area contributed by atoms with Gasteiger partial charge in [0, 0.05) is 11.8 Å². The fourth-order valence-electron chi connectivity index (χ4n) is 1.85. The summed E-state index contributed by atoms with van der Waals surface area (Å²) in [6, 6.07) is 6.57. The van der Waals surface area contributed by atoms with Crippen molar-refractivity contribution in [1.82, 2.24) is 0 Å². The van der Waals surface area contributed by atoms with Gasteiger partial charge in [0.25, 0.3) is 5.91 Å². The molecule has 2 aromatic rings. The number of rotatable bonds is 5. The first-order valence-corrected chi connectivity index (χ1v) is 6.30. The third kappa shape index (κ3) is 3.91. The van der Waals surface area contributed by atoms with E-state index in [-0.39, 0.29) is 17.2 Å². The van der Waals surface area contributed by atoms with Gasteiger partial charge in [-0.1, -0.05) is 6.07 Å². The Morgan fingerprint density at radius 3 is 2.30 bits per heavy atom.